The van der Waals surface area contributed by atoms with E-state index < -0.39 is 0 Å². The molecule has 0 saturated carbocycles. The second-order valence-electron chi connectivity index (χ2n) is 34.6. The molecule has 0 aliphatic carbocycles. The molecule has 5 saturated heterocycles. The number of nitrogens with zero attached hydrogens (tertiary/aromatic N) is 8. The molecule has 0 atom stereocenters. The average molecular weight is 1170 g/mol. The molecule has 1 aromatic heterocycles. The van der Waals surface area contributed by atoms with Crippen LogP contribution in [0, 0.1) is 0 Å². The van der Waals surface area contributed by atoms with Crippen LogP contribution < -0.4 is 41.3 Å². The van der Waals surface area contributed by atoms with Gasteiger partial charge in [-0.1, -0.05) is 45.4 Å². The summed E-state index contributed by atoms with van der Waals surface area (Å²) in [5.74, 6) is 2.89. The van der Waals surface area contributed by atoms with Crippen molar-refractivity contribution in [1.29, 1.82) is 0 Å². The first-order chi connectivity index (χ1) is 38.5. The summed E-state index contributed by atoms with van der Waals surface area (Å²) >= 11 is 0. The van der Waals surface area contributed by atoms with E-state index in [2.05, 4.69) is 196 Å². The highest BCUT2D eigenvalue weighted by molar-refractivity contribution is 5.74. The van der Waals surface area contributed by atoms with Crippen molar-refractivity contribution in [3.05, 3.63) is 0 Å². The van der Waals surface area contributed by atoms with Crippen molar-refractivity contribution >= 4 is 29.7 Å². The van der Waals surface area contributed by atoms with Crippen LogP contribution in [0.25, 0.3) is 0 Å². The first-order valence-electron chi connectivity index (χ1n) is 34.1. The number of rotatable bonds is 26. The van der Waals surface area contributed by atoms with Crippen LogP contribution in [0.2, 0.25) is 0 Å². The van der Waals surface area contributed by atoms with E-state index in [0.29, 0.717) is 0 Å². The molecule has 5 aliphatic heterocycles. The second-order valence-corrected chi connectivity index (χ2v) is 34.6. The number of carbonyl (C=O) groups excluding carboxylic acids is 2. The van der Waals surface area contributed by atoms with Crippen molar-refractivity contribution in [3.63, 3.8) is 0 Å². The predicted molar refractivity (Wildman–Crippen MR) is 355 cm³/mol. The van der Waals surface area contributed by atoms with Crippen molar-refractivity contribution < 1.29 is 9.59 Å². The zero-order valence-corrected chi connectivity index (χ0v) is 58.7. The minimum atomic E-state index is -0.0828. The second kappa shape index (κ2) is 27.1. The lowest BCUT2D eigenvalue weighted by Crippen LogP contribution is -2.63. The zero-order valence-electron chi connectivity index (χ0n) is 58.7. The van der Waals surface area contributed by atoms with E-state index >= 15 is 0 Å². The molecule has 1 aromatic rings. The highest BCUT2D eigenvalue weighted by Crippen LogP contribution is 2.40. The molecular formula is C69H131N13O2. The van der Waals surface area contributed by atoms with Crippen LogP contribution in [0.4, 0.5) is 17.8 Å². The molecular weight excluding hydrogens is 1040 g/mol. The van der Waals surface area contributed by atoms with Gasteiger partial charge in [-0.15, -0.1) is 0 Å². The molecule has 15 heteroatoms. The number of piperidine rings is 5. The van der Waals surface area contributed by atoms with Gasteiger partial charge in [0.2, 0.25) is 29.7 Å². The van der Waals surface area contributed by atoms with E-state index in [-0.39, 0.29) is 97.4 Å². The van der Waals surface area contributed by atoms with Crippen molar-refractivity contribution in [1.82, 2.24) is 51.3 Å². The van der Waals surface area contributed by atoms with Gasteiger partial charge in [0.1, 0.15) is 0 Å². The molecule has 6 heterocycles. The van der Waals surface area contributed by atoms with Gasteiger partial charge in [-0.2, -0.15) is 15.0 Å². The van der Waals surface area contributed by atoms with Crippen LogP contribution in [0.3, 0.4) is 0 Å². The molecule has 2 amide bonds. The Bertz CT molecular complexity index is 2220. The summed E-state index contributed by atoms with van der Waals surface area (Å²) in [5, 5.41) is 19.7. The normalized spacial score (nSPS) is 24.5. The zero-order chi connectivity index (χ0) is 62.7. The average Bonchev–Trinajstić information content (AvgIpc) is 1.06. The van der Waals surface area contributed by atoms with Crippen molar-refractivity contribution in [2.75, 3.05) is 47.4 Å². The Kier molecular flexibility index (Phi) is 22.7. The molecule has 0 aromatic carbocycles. The van der Waals surface area contributed by atoms with Gasteiger partial charge in [0.15, 0.2) is 0 Å². The topological polar surface area (TPSA) is 149 Å². The summed E-state index contributed by atoms with van der Waals surface area (Å²) < 4.78 is 0. The minimum absolute atomic E-state index is 0.0104. The van der Waals surface area contributed by atoms with Crippen molar-refractivity contribution in [2.24, 2.45) is 0 Å². The van der Waals surface area contributed by atoms with Crippen LogP contribution in [-0.2, 0) is 9.59 Å². The van der Waals surface area contributed by atoms with Gasteiger partial charge in [-0.3, -0.25) is 9.59 Å². The summed E-state index contributed by atoms with van der Waals surface area (Å²) in [6, 6.07) is 1.20. The minimum Gasteiger partial charge on any atom is -0.340 e. The van der Waals surface area contributed by atoms with Gasteiger partial charge in [-0.25, -0.2) is 0 Å². The fourth-order valence-electron chi connectivity index (χ4n) is 18.0. The fraction of sp³-hybridized carbons (Fsp3) is 0.928. The van der Waals surface area contributed by atoms with Gasteiger partial charge in [-0.05, 0) is 235 Å². The number of hydrogen-bond donors (Lipinski definition) is 5. The standard InChI is InChI=1S/C69H131N13O2/c1-24-25-35-80(54-44-64(12,13)75-65(14,15)45-54)57-70-58(81(55-46-66(16,17)76-67(18,19)47-55)38-33-28-26-27-31-36-78(50(2)83)52-40-60(4,5)73-61(6,7)41-52)72-59(71-57)82(56-48-68(20,21)77-69(22,23)49-56)39-34-30-29-32-37-79(51(3)84)53-42-62(8,9)74-63(10,11)43-53/h52-56,73-77H,24-49H2,1-23H3. The summed E-state index contributed by atoms with van der Waals surface area (Å²) in [4.78, 5) is 56.3. The Labute approximate surface area is 515 Å². The van der Waals surface area contributed by atoms with E-state index in [1.54, 1.807) is 13.8 Å². The predicted octanol–water partition coefficient (Wildman–Crippen LogP) is 12.8. The summed E-state index contributed by atoms with van der Waals surface area (Å²) in [7, 11) is 0. The fourth-order valence-corrected chi connectivity index (χ4v) is 18.0. The van der Waals surface area contributed by atoms with Crippen LogP contribution in [0.5, 0.6) is 0 Å². The summed E-state index contributed by atoms with van der Waals surface area (Å²) in [6.45, 7) is 56.8. The van der Waals surface area contributed by atoms with Gasteiger partial charge < -0.3 is 51.1 Å². The number of carbonyl (C=O) groups is 2. The SMILES string of the molecule is CCCCN(c1nc(N(CCCCCCCN(C(C)=O)C2CC(C)(C)NC(C)(C)C2)C2CC(C)(C)NC(C)(C)C2)nc(N(CCCCCCN(C(C)=O)C2CC(C)(C)NC(C)(C)C2)C2CC(C)(C)NC(C)(C)C2)n1)C1CC(C)(C)NC(C)(C)C1. The van der Waals surface area contributed by atoms with Gasteiger partial charge in [0, 0.05) is 132 Å². The molecule has 0 unspecified atom stereocenters. The van der Waals surface area contributed by atoms with E-state index in [1.165, 1.54) is 0 Å². The molecule has 6 rings (SSSR count). The smallest absolute Gasteiger partial charge is 0.232 e. The first kappa shape index (κ1) is 70.2. The first-order valence-corrected chi connectivity index (χ1v) is 34.1. The maximum Gasteiger partial charge on any atom is 0.232 e. The number of anilines is 3. The number of unbranched alkanes of at least 4 members (excludes halogenated alkanes) is 8. The van der Waals surface area contributed by atoms with Crippen molar-refractivity contribution in [3.8, 4) is 0 Å². The van der Waals surface area contributed by atoms with E-state index in [1.807, 2.05) is 0 Å². The quantitative estimate of drug-likeness (QED) is 0.0561. The van der Waals surface area contributed by atoms with Crippen LogP contribution >= 0.6 is 0 Å². The molecule has 5 fully saturated rings. The monoisotopic (exact) mass is 1170 g/mol. The maximum absolute atomic E-state index is 13.3. The van der Waals surface area contributed by atoms with Crippen molar-refractivity contribution in [2.45, 2.75) is 380 Å². The molecule has 5 N–H and O–H groups in total. The third-order valence-electron chi connectivity index (χ3n) is 19.3. The van der Waals surface area contributed by atoms with Gasteiger partial charge in [0.25, 0.3) is 0 Å². The molecule has 0 bridgehead atoms. The highest BCUT2D eigenvalue weighted by Gasteiger charge is 2.47. The summed E-state index contributed by atoms with van der Waals surface area (Å²) in [6.07, 6.45) is 21.6. The molecule has 5 aliphatic rings. The van der Waals surface area contributed by atoms with Gasteiger partial charge >= 0.3 is 0 Å². The Balaban J connectivity index is 1.35. The number of nitrogens with one attached hydrogen (secondary N) is 5. The van der Waals surface area contributed by atoms with E-state index in [0.717, 1.165) is 185 Å². The third kappa shape index (κ3) is 20.9. The molecule has 484 valence electrons. The number of amides is 2. The lowest BCUT2D eigenvalue weighted by atomic mass is 9.79. The molecule has 15 nitrogen and oxygen atoms in total. The molecule has 0 spiro atoms. The number of aromatic nitrogens is 3. The molecule has 0 radical (unpaired) electrons. The lowest BCUT2D eigenvalue weighted by molar-refractivity contribution is -0.134. The Morgan fingerprint density at radius 2 is 0.512 bits per heavy atom. The Morgan fingerprint density at radius 1 is 0.321 bits per heavy atom. The molecule has 84 heavy (non-hydrogen) atoms. The van der Waals surface area contributed by atoms with Gasteiger partial charge in [0.05, 0.1) is 0 Å². The van der Waals surface area contributed by atoms with E-state index in [4.69, 9.17) is 15.0 Å². The largest absolute Gasteiger partial charge is 0.340 e. The maximum atomic E-state index is 13.3. The number of hydrogen-bond acceptors (Lipinski definition) is 13. The Morgan fingerprint density at radius 3 is 0.726 bits per heavy atom. The third-order valence-corrected chi connectivity index (χ3v) is 19.3. The highest BCUT2D eigenvalue weighted by atomic mass is 16.2. The van der Waals surface area contributed by atoms with Crippen LogP contribution in [-0.4, -0.2) is 155 Å². The summed E-state index contributed by atoms with van der Waals surface area (Å²) in [5.41, 5.74) is -0.499. The lowest BCUT2D eigenvalue weighted by Gasteiger charge is -2.51. The van der Waals surface area contributed by atoms with Crippen LogP contribution in [0.1, 0.15) is 294 Å². The Hall–Kier alpha value is -2.85. The van der Waals surface area contributed by atoms with Crippen LogP contribution in [0.15, 0.2) is 0 Å². The van der Waals surface area contributed by atoms with E-state index in [9.17, 15) is 9.59 Å².